The Kier molecular flexibility index (Phi) is 4.62. The van der Waals surface area contributed by atoms with E-state index in [2.05, 4.69) is 0 Å². The van der Waals surface area contributed by atoms with Crippen LogP contribution in [0.15, 0.2) is 42.5 Å². The second-order valence-corrected chi connectivity index (χ2v) is 6.18. The van der Waals surface area contributed by atoms with Gasteiger partial charge in [0.1, 0.15) is 11.6 Å². The summed E-state index contributed by atoms with van der Waals surface area (Å²) in [6, 6.07) is 10.9. The van der Waals surface area contributed by atoms with Crippen LogP contribution in [0.4, 0.5) is 14.5 Å². The normalized spacial score (nSPS) is 18.9. The van der Waals surface area contributed by atoms with Crippen molar-refractivity contribution in [3.63, 3.8) is 0 Å². The van der Waals surface area contributed by atoms with Gasteiger partial charge in [0.15, 0.2) is 0 Å². The molecule has 1 atom stereocenters. The molecule has 1 aliphatic rings. The predicted molar refractivity (Wildman–Crippen MR) is 89.8 cm³/mol. The zero-order valence-corrected chi connectivity index (χ0v) is 13.8. The number of amides is 1. The summed E-state index contributed by atoms with van der Waals surface area (Å²) in [6.45, 7) is 4.96. The molecule has 0 N–H and O–H groups in total. The maximum absolute atomic E-state index is 14.1. The molecule has 1 saturated heterocycles. The van der Waals surface area contributed by atoms with Crippen LogP contribution in [0.3, 0.4) is 0 Å². The minimum Gasteiger partial charge on any atom is -0.307 e. The van der Waals surface area contributed by atoms with Crippen LogP contribution < -0.4 is 4.90 Å². The van der Waals surface area contributed by atoms with Gasteiger partial charge < -0.3 is 4.90 Å². The molecule has 3 rings (SSSR count). The molecular formula is C19H20F2N2O. The van der Waals surface area contributed by atoms with Crippen molar-refractivity contribution in [2.24, 2.45) is 0 Å². The average Bonchev–Trinajstić information content (AvgIpc) is 2.56. The molecule has 1 fully saturated rings. The highest BCUT2D eigenvalue weighted by Gasteiger charge is 2.33. The summed E-state index contributed by atoms with van der Waals surface area (Å²) in [5, 5.41) is 0. The van der Waals surface area contributed by atoms with Gasteiger partial charge in [0.25, 0.3) is 0 Å². The summed E-state index contributed by atoms with van der Waals surface area (Å²) in [6.07, 6.45) is 0. The Bertz CT molecular complexity index is 763. The molecule has 0 aliphatic carbocycles. The molecule has 2 aromatic carbocycles. The number of halogens is 2. The number of piperazine rings is 1. The smallest absolute Gasteiger partial charge is 0.244 e. The van der Waals surface area contributed by atoms with Crippen molar-refractivity contribution < 1.29 is 13.6 Å². The minimum atomic E-state index is -0.432. The van der Waals surface area contributed by atoms with Gasteiger partial charge in [-0.15, -0.1) is 0 Å². The van der Waals surface area contributed by atoms with E-state index in [0.29, 0.717) is 30.9 Å². The van der Waals surface area contributed by atoms with E-state index in [4.69, 9.17) is 0 Å². The molecule has 24 heavy (non-hydrogen) atoms. The molecule has 5 heteroatoms. The average molecular weight is 330 g/mol. The van der Waals surface area contributed by atoms with Gasteiger partial charge in [0.2, 0.25) is 5.91 Å². The fourth-order valence-electron chi connectivity index (χ4n) is 3.04. The van der Waals surface area contributed by atoms with Crippen LogP contribution in [0, 0.1) is 18.6 Å². The van der Waals surface area contributed by atoms with Crippen molar-refractivity contribution in [2.45, 2.75) is 26.4 Å². The highest BCUT2D eigenvalue weighted by atomic mass is 19.1. The molecule has 0 spiro atoms. The highest BCUT2D eigenvalue weighted by Crippen LogP contribution is 2.25. The summed E-state index contributed by atoms with van der Waals surface area (Å²) < 4.78 is 27.9. The Morgan fingerprint density at radius 1 is 1.08 bits per heavy atom. The Labute approximate surface area is 140 Å². The third-order valence-corrected chi connectivity index (χ3v) is 4.51. The largest absolute Gasteiger partial charge is 0.307 e. The molecule has 0 unspecified atom stereocenters. The lowest BCUT2D eigenvalue weighted by Gasteiger charge is -2.39. The van der Waals surface area contributed by atoms with Gasteiger partial charge in [-0.05, 0) is 37.6 Å². The van der Waals surface area contributed by atoms with Crippen LogP contribution in [0.2, 0.25) is 0 Å². The van der Waals surface area contributed by atoms with Gasteiger partial charge in [-0.1, -0.05) is 24.3 Å². The number of anilines is 1. The van der Waals surface area contributed by atoms with E-state index in [1.54, 1.807) is 37.3 Å². The zero-order valence-electron chi connectivity index (χ0n) is 13.8. The molecular weight excluding hydrogens is 310 g/mol. The molecule has 0 saturated carbocycles. The number of benzene rings is 2. The van der Waals surface area contributed by atoms with Crippen molar-refractivity contribution in [2.75, 3.05) is 18.0 Å². The van der Waals surface area contributed by atoms with Gasteiger partial charge in [0.05, 0.1) is 11.7 Å². The molecule has 1 aliphatic heterocycles. The first kappa shape index (κ1) is 16.6. The van der Waals surface area contributed by atoms with Crippen molar-refractivity contribution in [1.29, 1.82) is 0 Å². The summed E-state index contributed by atoms with van der Waals surface area (Å²) in [4.78, 5) is 16.1. The second kappa shape index (κ2) is 6.69. The highest BCUT2D eigenvalue weighted by molar-refractivity contribution is 5.97. The molecule has 1 amide bonds. The Morgan fingerprint density at radius 2 is 1.83 bits per heavy atom. The van der Waals surface area contributed by atoms with Crippen molar-refractivity contribution in [1.82, 2.24) is 4.90 Å². The quantitative estimate of drug-likeness (QED) is 0.860. The standard InChI is InChI=1S/C19H20F2N2O/c1-13-7-8-17(21)18(11-13)23-10-9-22(14(2)19(23)24)12-15-5-3-4-6-16(15)20/h3-8,11,14H,9-10,12H2,1-2H3/t14-/m1/s1. The third kappa shape index (κ3) is 3.17. The van der Waals surface area contributed by atoms with E-state index in [1.165, 1.54) is 17.0 Å². The van der Waals surface area contributed by atoms with Crippen LogP contribution in [0.25, 0.3) is 0 Å². The van der Waals surface area contributed by atoms with Crippen molar-refractivity contribution in [3.8, 4) is 0 Å². The van der Waals surface area contributed by atoms with Crippen molar-refractivity contribution >= 4 is 11.6 Å². The van der Waals surface area contributed by atoms with Crippen LogP contribution in [-0.4, -0.2) is 29.9 Å². The lowest BCUT2D eigenvalue weighted by atomic mass is 10.1. The number of hydrogen-bond donors (Lipinski definition) is 0. The van der Waals surface area contributed by atoms with Crippen LogP contribution in [0.5, 0.6) is 0 Å². The van der Waals surface area contributed by atoms with E-state index in [-0.39, 0.29) is 11.7 Å². The fraction of sp³-hybridized carbons (Fsp3) is 0.316. The number of hydrogen-bond acceptors (Lipinski definition) is 2. The lowest BCUT2D eigenvalue weighted by Crippen LogP contribution is -2.55. The number of rotatable bonds is 3. The summed E-state index contributed by atoms with van der Waals surface area (Å²) in [7, 11) is 0. The van der Waals surface area contributed by atoms with Crippen LogP contribution in [0.1, 0.15) is 18.1 Å². The minimum absolute atomic E-state index is 0.165. The molecule has 2 aromatic rings. The van der Waals surface area contributed by atoms with Crippen molar-refractivity contribution in [3.05, 3.63) is 65.2 Å². The first-order valence-corrected chi connectivity index (χ1v) is 8.02. The van der Waals surface area contributed by atoms with Gasteiger partial charge in [-0.25, -0.2) is 8.78 Å². The van der Waals surface area contributed by atoms with Gasteiger partial charge in [-0.2, -0.15) is 0 Å². The van der Waals surface area contributed by atoms with Crippen LogP contribution in [-0.2, 0) is 11.3 Å². The monoisotopic (exact) mass is 330 g/mol. The summed E-state index contributed by atoms with van der Waals surface area (Å²) in [5.41, 5.74) is 1.78. The molecule has 0 aromatic heterocycles. The molecule has 0 radical (unpaired) electrons. The maximum atomic E-state index is 14.1. The number of carbonyl (C=O) groups excluding carboxylic acids is 1. The molecule has 1 heterocycles. The van der Waals surface area contributed by atoms with E-state index in [9.17, 15) is 13.6 Å². The fourth-order valence-corrected chi connectivity index (χ4v) is 3.04. The number of nitrogens with zero attached hydrogens (tertiary/aromatic N) is 2. The number of aryl methyl sites for hydroxylation is 1. The van der Waals surface area contributed by atoms with E-state index in [1.807, 2.05) is 11.8 Å². The van der Waals surface area contributed by atoms with Crippen LogP contribution >= 0.6 is 0 Å². The summed E-state index contributed by atoms with van der Waals surface area (Å²) in [5.74, 6) is -0.838. The topological polar surface area (TPSA) is 23.6 Å². The zero-order chi connectivity index (χ0) is 17.3. The SMILES string of the molecule is Cc1ccc(F)c(N2CCN(Cc3ccccc3F)[C@H](C)C2=O)c1. The molecule has 3 nitrogen and oxygen atoms in total. The lowest BCUT2D eigenvalue weighted by molar-refractivity contribution is -0.125. The first-order chi connectivity index (χ1) is 11.5. The predicted octanol–water partition coefficient (Wildman–Crippen LogP) is 3.51. The third-order valence-electron chi connectivity index (χ3n) is 4.51. The Balaban J connectivity index is 1.79. The van der Waals surface area contributed by atoms with Gasteiger partial charge in [0, 0.05) is 25.2 Å². The van der Waals surface area contributed by atoms with E-state index < -0.39 is 11.9 Å². The Hall–Kier alpha value is -2.27. The summed E-state index contributed by atoms with van der Waals surface area (Å²) >= 11 is 0. The maximum Gasteiger partial charge on any atom is 0.244 e. The van der Waals surface area contributed by atoms with E-state index in [0.717, 1.165) is 5.56 Å². The van der Waals surface area contributed by atoms with Gasteiger partial charge >= 0.3 is 0 Å². The number of carbonyl (C=O) groups is 1. The second-order valence-electron chi connectivity index (χ2n) is 6.18. The van der Waals surface area contributed by atoms with E-state index >= 15 is 0 Å². The van der Waals surface area contributed by atoms with Gasteiger partial charge in [-0.3, -0.25) is 9.69 Å². The Morgan fingerprint density at radius 3 is 2.58 bits per heavy atom. The first-order valence-electron chi connectivity index (χ1n) is 8.02. The molecule has 0 bridgehead atoms. The molecule has 126 valence electrons.